The van der Waals surface area contributed by atoms with Crippen LogP contribution in [0.15, 0.2) is 35.8 Å². The van der Waals surface area contributed by atoms with Gasteiger partial charge in [-0.05, 0) is 48.6 Å². The Morgan fingerprint density at radius 1 is 1.20 bits per heavy atom. The van der Waals surface area contributed by atoms with Crippen molar-refractivity contribution in [1.82, 2.24) is 14.5 Å². The molecule has 0 N–H and O–H groups in total. The van der Waals surface area contributed by atoms with E-state index in [4.69, 9.17) is 4.98 Å². The van der Waals surface area contributed by atoms with Crippen LogP contribution in [-0.4, -0.2) is 20.3 Å². The number of rotatable bonds is 2. The first-order chi connectivity index (χ1) is 9.93. The average molecular weight is 301 g/mol. The van der Waals surface area contributed by atoms with Crippen molar-refractivity contribution < 1.29 is 0 Å². The minimum absolute atomic E-state index is 0.473. The van der Waals surface area contributed by atoms with Crippen molar-refractivity contribution in [1.29, 1.82) is 0 Å². The number of imidazole rings is 1. The molecule has 20 heavy (non-hydrogen) atoms. The molecule has 1 fully saturated rings. The molecular formula is C15H15N3S2. The molecule has 0 aromatic carbocycles. The van der Waals surface area contributed by atoms with Crippen molar-refractivity contribution >= 4 is 34.3 Å². The minimum atomic E-state index is 0.473. The number of fused-ring (bicyclic) bond motifs is 1. The second-order valence-corrected chi connectivity index (χ2v) is 7.18. The van der Waals surface area contributed by atoms with E-state index in [1.165, 1.54) is 29.9 Å². The second kappa shape index (κ2) is 5.22. The fourth-order valence-corrected chi connectivity index (χ4v) is 4.74. The van der Waals surface area contributed by atoms with Gasteiger partial charge in [-0.1, -0.05) is 6.07 Å². The molecule has 1 aliphatic rings. The SMILES string of the molecule is c1csc(-c2nc3cccnc3n2C2CCCCS2)c1. The van der Waals surface area contributed by atoms with E-state index in [1.54, 1.807) is 11.3 Å². The van der Waals surface area contributed by atoms with Gasteiger partial charge in [0.15, 0.2) is 11.5 Å². The Bertz CT molecular complexity index is 712. The van der Waals surface area contributed by atoms with E-state index >= 15 is 0 Å². The Balaban J connectivity index is 1.93. The molecule has 0 saturated carbocycles. The third kappa shape index (κ3) is 2.05. The molecule has 102 valence electrons. The average Bonchev–Trinajstić information content (AvgIpc) is 3.15. The third-order valence-electron chi connectivity index (χ3n) is 3.63. The molecule has 0 spiro atoms. The summed E-state index contributed by atoms with van der Waals surface area (Å²) in [7, 11) is 0. The Labute approximate surface area is 126 Å². The quantitative estimate of drug-likeness (QED) is 0.694. The largest absolute Gasteiger partial charge is 0.295 e. The summed E-state index contributed by atoms with van der Waals surface area (Å²) in [6, 6.07) is 8.26. The van der Waals surface area contributed by atoms with Crippen molar-refractivity contribution in [2.75, 3.05) is 5.75 Å². The summed E-state index contributed by atoms with van der Waals surface area (Å²) in [5, 5.41) is 2.58. The Hall–Kier alpha value is -1.33. The van der Waals surface area contributed by atoms with Crippen LogP contribution in [-0.2, 0) is 0 Å². The van der Waals surface area contributed by atoms with E-state index < -0.39 is 0 Å². The predicted octanol–water partition coefficient (Wildman–Crippen LogP) is 4.58. The molecule has 0 bridgehead atoms. The third-order valence-corrected chi connectivity index (χ3v) is 5.86. The fraction of sp³-hybridized carbons (Fsp3) is 0.333. The maximum Gasteiger partial charge on any atom is 0.161 e. The van der Waals surface area contributed by atoms with Crippen LogP contribution in [0, 0.1) is 0 Å². The number of thiophene rings is 1. The van der Waals surface area contributed by atoms with E-state index in [1.807, 2.05) is 24.0 Å². The molecular weight excluding hydrogens is 286 g/mol. The molecule has 5 heteroatoms. The summed E-state index contributed by atoms with van der Waals surface area (Å²) in [5.74, 6) is 2.31. The van der Waals surface area contributed by atoms with Gasteiger partial charge in [-0.25, -0.2) is 9.97 Å². The summed E-state index contributed by atoms with van der Waals surface area (Å²) in [6.07, 6.45) is 5.71. The molecule has 3 aromatic rings. The molecule has 0 radical (unpaired) electrons. The van der Waals surface area contributed by atoms with Crippen molar-refractivity contribution in [3.05, 3.63) is 35.8 Å². The highest BCUT2D eigenvalue weighted by molar-refractivity contribution is 7.99. The van der Waals surface area contributed by atoms with Crippen molar-refractivity contribution in [3.8, 4) is 10.7 Å². The van der Waals surface area contributed by atoms with E-state index in [0.717, 1.165) is 17.0 Å². The smallest absolute Gasteiger partial charge is 0.161 e. The molecule has 4 heterocycles. The molecule has 0 aliphatic carbocycles. The lowest BCUT2D eigenvalue weighted by Crippen LogP contribution is -2.11. The van der Waals surface area contributed by atoms with Gasteiger partial charge in [0.1, 0.15) is 5.52 Å². The van der Waals surface area contributed by atoms with Gasteiger partial charge < -0.3 is 0 Å². The van der Waals surface area contributed by atoms with Crippen LogP contribution < -0.4 is 0 Å². The molecule has 1 aliphatic heterocycles. The Kier molecular flexibility index (Phi) is 3.24. The Morgan fingerprint density at radius 2 is 2.20 bits per heavy atom. The zero-order valence-corrected chi connectivity index (χ0v) is 12.7. The molecule has 1 atom stereocenters. The lowest BCUT2D eigenvalue weighted by molar-refractivity contribution is 0.581. The van der Waals surface area contributed by atoms with Gasteiger partial charge in [0.05, 0.1) is 10.3 Å². The highest BCUT2D eigenvalue weighted by Gasteiger charge is 2.23. The summed E-state index contributed by atoms with van der Waals surface area (Å²) >= 11 is 3.78. The fourth-order valence-electron chi connectivity index (χ4n) is 2.71. The number of hydrogen-bond acceptors (Lipinski definition) is 4. The minimum Gasteiger partial charge on any atom is -0.295 e. The molecule has 0 amide bonds. The zero-order chi connectivity index (χ0) is 13.4. The predicted molar refractivity (Wildman–Crippen MR) is 86.2 cm³/mol. The summed E-state index contributed by atoms with van der Waals surface area (Å²) in [6.45, 7) is 0. The van der Waals surface area contributed by atoms with Gasteiger partial charge in [-0.2, -0.15) is 0 Å². The topological polar surface area (TPSA) is 30.7 Å². The van der Waals surface area contributed by atoms with Crippen molar-refractivity contribution in [2.24, 2.45) is 0 Å². The normalized spacial score (nSPS) is 19.5. The summed E-state index contributed by atoms with van der Waals surface area (Å²) < 4.78 is 2.35. The van der Waals surface area contributed by atoms with Gasteiger partial charge in [0, 0.05) is 6.20 Å². The van der Waals surface area contributed by atoms with E-state index in [9.17, 15) is 0 Å². The van der Waals surface area contributed by atoms with Crippen LogP contribution in [0.4, 0.5) is 0 Å². The van der Waals surface area contributed by atoms with Crippen LogP contribution in [0.3, 0.4) is 0 Å². The van der Waals surface area contributed by atoms with Gasteiger partial charge in [0.25, 0.3) is 0 Å². The van der Waals surface area contributed by atoms with Gasteiger partial charge in [0.2, 0.25) is 0 Å². The standard InChI is InChI=1S/C15H15N3S2/c1-2-9-20-13(7-1)18-14-11(5-3-8-16-14)17-15(18)12-6-4-10-19-12/h3-6,8,10,13H,1-2,7,9H2. The maximum absolute atomic E-state index is 4.83. The Morgan fingerprint density at radius 3 is 3.00 bits per heavy atom. The van der Waals surface area contributed by atoms with Crippen molar-refractivity contribution in [2.45, 2.75) is 24.6 Å². The maximum atomic E-state index is 4.83. The van der Waals surface area contributed by atoms with Crippen LogP contribution in [0.25, 0.3) is 21.9 Å². The highest BCUT2D eigenvalue weighted by atomic mass is 32.2. The highest BCUT2D eigenvalue weighted by Crippen LogP contribution is 2.39. The van der Waals surface area contributed by atoms with E-state index in [-0.39, 0.29) is 0 Å². The molecule has 1 saturated heterocycles. The summed E-state index contributed by atoms with van der Waals surface area (Å²) in [5.41, 5.74) is 2.03. The lowest BCUT2D eigenvalue weighted by atomic mass is 10.2. The number of pyridine rings is 1. The first-order valence-corrected chi connectivity index (χ1v) is 8.85. The van der Waals surface area contributed by atoms with Gasteiger partial charge in [-0.3, -0.25) is 4.57 Å². The van der Waals surface area contributed by atoms with Crippen LogP contribution in [0.2, 0.25) is 0 Å². The van der Waals surface area contributed by atoms with Gasteiger partial charge in [-0.15, -0.1) is 23.1 Å². The first-order valence-electron chi connectivity index (χ1n) is 6.92. The molecule has 3 nitrogen and oxygen atoms in total. The monoisotopic (exact) mass is 301 g/mol. The van der Waals surface area contributed by atoms with Crippen molar-refractivity contribution in [3.63, 3.8) is 0 Å². The van der Waals surface area contributed by atoms with Crippen LogP contribution in [0.1, 0.15) is 24.6 Å². The van der Waals surface area contributed by atoms with Crippen LogP contribution >= 0.6 is 23.1 Å². The lowest BCUT2D eigenvalue weighted by Gasteiger charge is -2.24. The molecule has 4 rings (SSSR count). The number of nitrogens with zero attached hydrogens (tertiary/aromatic N) is 3. The van der Waals surface area contributed by atoms with E-state index in [2.05, 4.69) is 33.1 Å². The van der Waals surface area contributed by atoms with Crippen LogP contribution in [0.5, 0.6) is 0 Å². The number of aromatic nitrogens is 3. The number of hydrogen-bond donors (Lipinski definition) is 0. The molecule has 1 unspecified atom stereocenters. The number of thioether (sulfide) groups is 1. The van der Waals surface area contributed by atoms with E-state index in [0.29, 0.717) is 5.37 Å². The first kappa shape index (κ1) is 12.4. The molecule has 3 aromatic heterocycles. The second-order valence-electron chi connectivity index (χ2n) is 4.95. The zero-order valence-electron chi connectivity index (χ0n) is 11.0. The summed E-state index contributed by atoms with van der Waals surface area (Å²) in [4.78, 5) is 10.6. The van der Waals surface area contributed by atoms with Gasteiger partial charge >= 0.3 is 0 Å².